The first-order valence-electron chi connectivity index (χ1n) is 8.38. The molecule has 0 atom stereocenters. The number of hydrogen-bond acceptors (Lipinski definition) is 4. The van der Waals surface area contributed by atoms with Crippen LogP contribution in [0.2, 0.25) is 0 Å². The lowest BCUT2D eigenvalue weighted by atomic mass is 10.0. The minimum absolute atomic E-state index is 0.0248. The van der Waals surface area contributed by atoms with Crippen LogP contribution in [0.4, 0.5) is 13.2 Å². The Morgan fingerprint density at radius 3 is 2.59 bits per heavy atom. The fourth-order valence-corrected chi connectivity index (χ4v) is 2.85. The third-order valence-corrected chi connectivity index (χ3v) is 4.19. The average molecular weight is 374 g/mol. The molecule has 0 radical (unpaired) electrons. The monoisotopic (exact) mass is 374 g/mol. The first-order chi connectivity index (χ1) is 12.8. The highest BCUT2D eigenvalue weighted by atomic mass is 19.4. The van der Waals surface area contributed by atoms with Gasteiger partial charge in [-0.3, -0.25) is 4.98 Å². The van der Waals surface area contributed by atoms with Crippen molar-refractivity contribution in [3.63, 3.8) is 0 Å². The molecule has 0 spiro atoms. The Hall–Kier alpha value is -2.96. The summed E-state index contributed by atoms with van der Waals surface area (Å²) in [6, 6.07) is 10.3. The molecule has 1 aromatic carbocycles. The van der Waals surface area contributed by atoms with Crippen LogP contribution in [0.15, 0.2) is 42.6 Å². The largest absolute Gasteiger partial charge is 0.462 e. The zero-order chi connectivity index (χ0) is 19.6. The standard InChI is InChI=1S/C20H17F3N2O2/c1-3-27-19(26)15-10-14-8-9-24-16(11-13-7-5-4-6-12(13)2)17(14)25-18(15)20(21,22)23/h4-10H,3,11H2,1-2H3. The fraction of sp³-hybridized carbons (Fsp3) is 0.250. The lowest BCUT2D eigenvalue weighted by Crippen LogP contribution is -2.18. The van der Waals surface area contributed by atoms with Gasteiger partial charge in [0.15, 0.2) is 5.69 Å². The van der Waals surface area contributed by atoms with E-state index in [4.69, 9.17) is 4.74 Å². The van der Waals surface area contributed by atoms with Crippen LogP contribution < -0.4 is 0 Å². The molecule has 27 heavy (non-hydrogen) atoms. The average Bonchev–Trinajstić information content (AvgIpc) is 2.62. The molecule has 7 heteroatoms. The summed E-state index contributed by atoms with van der Waals surface area (Å²) in [7, 11) is 0. The highest BCUT2D eigenvalue weighted by molar-refractivity contribution is 5.95. The van der Waals surface area contributed by atoms with Gasteiger partial charge in [-0.2, -0.15) is 13.2 Å². The number of fused-ring (bicyclic) bond motifs is 1. The van der Waals surface area contributed by atoms with Crippen molar-refractivity contribution in [2.45, 2.75) is 26.4 Å². The lowest BCUT2D eigenvalue weighted by Gasteiger charge is -2.14. The maximum atomic E-state index is 13.5. The van der Waals surface area contributed by atoms with Gasteiger partial charge in [0.25, 0.3) is 0 Å². The van der Waals surface area contributed by atoms with E-state index in [0.717, 1.165) is 11.1 Å². The summed E-state index contributed by atoms with van der Waals surface area (Å²) in [6.07, 6.45) is -2.95. The van der Waals surface area contributed by atoms with Crippen LogP contribution in [0, 0.1) is 6.92 Å². The van der Waals surface area contributed by atoms with E-state index in [1.165, 1.54) is 25.3 Å². The molecule has 0 saturated heterocycles. The minimum atomic E-state index is -4.79. The molecule has 140 valence electrons. The molecular weight excluding hydrogens is 357 g/mol. The minimum Gasteiger partial charge on any atom is -0.462 e. The molecule has 3 rings (SSSR count). The van der Waals surface area contributed by atoms with E-state index < -0.39 is 23.4 Å². The molecule has 3 aromatic rings. The Morgan fingerprint density at radius 1 is 1.19 bits per heavy atom. The van der Waals surface area contributed by atoms with Gasteiger partial charge in [0.05, 0.1) is 23.4 Å². The van der Waals surface area contributed by atoms with Gasteiger partial charge >= 0.3 is 12.1 Å². The van der Waals surface area contributed by atoms with Gasteiger partial charge in [0, 0.05) is 18.0 Å². The van der Waals surface area contributed by atoms with Crippen molar-refractivity contribution >= 4 is 16.9 Å². The molecule has 2 aromatic heterocycles. The van der Waals surface area contributed by atoms with Crippen LogP contribution in [0.3, 0.4) is 0 Å². The zero-order valence-electron chi connectivity index (χ0n) is 14.8. The van der Waals surface area contributed by atoms with E-state index >= 15 is 0 Å². The number of pyridine rings is 2. The first-order valence-corrected chi connectivity index (χ1v) is 8.38. The van der Waals surface area contributed by atoms with Gasteiger partial charge < -0.3 is 4.74 Å². The number of aromatic nitrogens is 2. The molecule has 0 bridgehead atoms. The van der Waals surface area contributed by atoms with E-state index in [1.54, 1.807) is 0 Å². The molecule has 2 heterocycles. The Balaban J connectivity index is 2.18. The molecule has 0 saturated carbocycles. The number of esters is 1. The molecule has 0 aliphatic rings. The van der Waals surface area contributed by atoms with E-state index in [2.05, 4.69) is 9.97 Å². The van der Waals surface area contributed by atoms with Crippen molar-refractivity contribution in [2.75, 3.05) is 6.61 Å². The predicted octanol–water partition coefficient (Wildman–Crippen LogP) is 4.72. The number of rotatable bonds is 4. The van der Waals surface area contributed by atoms with E-state index in [0.29, 0.717) is 17.5 Å². The molecular formula is C20H17F3N2O2. The Morgan fingerprint density at radius 2 is 1.93 bits per heavy atom. The Kier molecular flexibility index (Phi) is 5.12. The second kappa shape index (κ2) is 7.34. The summed E-state index contributed by atoms with van der Waals surface area (Å²) in [5.74, 6) is -1.04. The maximum absolute atomic E-state index is 13.5. The van der Waals surface area contributed by atoms with E-state index in [9.17, 15) is 18.0 Å². The van der Waals surface area contributed by atoms with Crippen LogP contribution in [0.25, 0.3) is 10.9 Å². The summed E-state index contributed by atoms with van der Waals surface area (Å²) in [5.41, 5.74) is 0.652. The highest BCUT2D eigenvalue weighted by Crippen LogP contribution is 2.33. The number of nitrogens with zero attached hydrogens (tertiary/aromatic N) is 2. The third kappa shape index (κ3) is 3.92. The third-order valence-electron chi connectivity index (χ3n) is 4.19. The topological polar surface area (TPSA) is 52.1 Å². The molecule has 0 aliphatic carbocycles. The highest BCUT2D eigenvalue weighted by Gasteiger charge is 2.38. The first kappa shape index (κ1) is 18.8. The second-order valence-electron chi connectivity index (χ2n) is 6.04. The number of ether oxygens (including phenoxy) is 1. The van der Waals surface area contributed by atoms with Gasteiger partial charge in [-0.1, -0.05) is 24.3 Å². The SMILES string of the molecule is CCOC(=O)c1cc2ccnc(Cc3ccccc3C)c2nc1C(F)(F)F. The molecule has 0 amide bonds. The van der Waals surface area contributed by atoms with Crippen LogP contribution in [0.5, 0.6) is 0 Å². The van der Waals surface area contributed by atoms with Crippen molar-refractivity contribution in [1.29, 1.82) is 0 Å². The maximum Gasteiger partial charge on any atom is 0.434 e. The van der Waals surface area contributed by atoms with Gasteiger partial charge in [-0.05, 0) is 37.1 Å². The summed E-state index contributed by atoms with van der Waals surface area (Å²) in [5, 5.41) is 0.407. The molecule has 0 N–H and O–H groups in total. The number of carbonyl (C=O) groups excluding carboxylic acids is 1. The predicted molar refractivity (Wildman–Crippen MR) is 94.5 cm³/mol. The van der Waals surface area contributed by atoms with Crippen molar-refractivity contribution in [2.24, 2.45) is 0 Å². The van der Waals surface area contributed by atoms with Crippen LogP contribution in [-0.4, -0.2) is 22.5 Å². The van der Waals surface area contributed by atoms with Crippen molar-refractivity contribution in [3.8, 4) is 0 Å². The normalized spacial score (nSPS) is 11.6. The number of alkyl halides is 3. The fourth-order valence-electron chi connectivity index (χ4n) is 2.85. The number of halogens is 3. The van der Waals surface area contributed by atoms with E-state index in [-0.39, 0.29) is 12.1 Å². The van der Waals surface area contributed by atoms with Crippen molar-refractivity contribution < 1.29 is 22.7 Å². The Bertz CT molecular complexity index is 1000. The van der Waals surface area contributed by atoms with Gasteiger partial charge in [-0.15, -0.1) is 0 Å². The van der Waals surface area contributed by atoms with Gasteiger partial charge in [0.1, 0.15) is 0 Å². The summed E-state index contributed by atoms with van der Waals surface area (Å²) < 4.78 is 45.3. The molecule has 4 nitrogen and oxygen atoms in total. The Labute approximate surface area is 154 Å². The lowest BCUT2D eigenvalue weighted by molar-refractivity contribution is -0.141. The quantitative estimate of drug-likeness (QED) is 0.620. The van der Waals surface area contributed by atoms with Crippen LogP contribution >= 0.6 is 0 Å². The molecule has 0 aliphatic heterocycles. The summed E-state index contributed by atoms with van der Waals surface area (Å²) in [6.45, 7) is 3.43. The summed E-state index contributed by atoms with van der Waals surface area (Å²) in [4.78, 5) is 20.0. The van der Waals surface area contributed by atoms with E-state index in [1.807, 2.05) is 31.2 Å². The zero-order valence-corrected chi connectivity index (χ0v) is 14.8. The second-order valence-corrected chi connectivity index (χ2v) is 6.04. The smallest absolute Gasteiger partial charge is 0.434 e. The van der Waals surface area contributed by atoms with Gasteiger partial charge in [-0.25, -0.2) is 9.78 Å². The van der Waals surface area contributed by atoms with Gasteiger partial charge in [0.2, 0.25) is 0 Å². The molecule has 0 unspecified atom stereocenters. The number of benzene rings is 1. The summed E-state index contributed by atoms with van der Waals surface area (Å²) >= 11 is 0. The number of hydrogen-bond donors (Lipinski definition) is 0. The number of aryl methyl sites for hydroxylation is 1. The van der Waals surface area contributed by atoms with Crippen LogP contribution in [-0.2, 0) is 17.3 Å². The van der Waals surface area contributed by atoms with Crippen molar-refractivity contribution in [3.05, 3.63) is 70.7 Å². The number of carbonyl (C=O) groups is 1. The molecule has 0 fully saturated rings. The van der Waals surface area contributed by atoms with Crippen molar-refractivity contribution in [1.82, 2.24) is 9.97 Å². The van der Waals surface area contributed by atoms with Crippen LogP contribution in [0.1, 0.15) is 39.8 Å².